The molecule has 0 radical (unpaired) electrons. The van der Waals surface area contributed by atoms with Crippen molar-refractivity contribution in [1.29, 1.82) is 0 Å². The normalized spacial score (nSPS) is 16.5. The van der Waals surface area contributed by atoms with E-state index in [9.17, 15) is 9.90 Å². The standard InChI is InChI=1S/C15H20O3/c1-18-10-4-7-12-5-2-3-6-13(12)11-15(8-9-15)14(16)17/h2-3,5-6H,4,7-11H2,1H3,(H,16,17). The lowest BCUT2D eigenvalue weighted by Gasteiger charge is -2.13. The minimum atomic E-state index is -0.644. The van der Waals surface area contributed by atoms with Crippen LogP contribution in [0.15, 0.2) is 24.3 Å². The van der Waals surface area contributed by atoms with Gasteiger partial charge in [-0.3, -0.25) is 4.79 Å². The summed E-state index contributed by atoms with van der Waals surface area (Å²) >= 11 is 0. The fourth-order valence-corrected chi connectivity index (χ4v) is 2.36. The van der Waals surface area contributed by atoms with E-state index >= 15 is 0 Å². The molecule has 18 heavy (non-hydrogen) atoms. The maximum Gasteiger partial charge on any atom is 0.309 e. The lowest BCUT2D eigenvalue weighted by Crippen LogP contribution is -2.18. The molecule has 0 aliphatic heterocycles. The zero-order valence-corrected chi connectivity index (χ0v) is 10.8. The van der Waals surface area contributed by atoms with Gasteiger partial charge in [-0.05, 0) is 43.2 Å². The van der Waals surface area contributed by atoms with Crippen LogP contribution in [0.5, 0.6) is 0 Å². The molecule has 0 heterocycles. The second-order valence-corrected chi connectivity index (χ2v) is 5.13. The molecule has 1 aromatic rings. The third-order valence-corrected chi connectivity index (χ3v) is 3.75. The molecule has 0 bridgehead atoms. The van der Waals surface area contributed by atoms with Crippen molar-refractivity contribution in [3.05, 3.63) is 35.4 Å². The molecule has 2 rings (SSSR count). The van der Waals surface area contributed by atoms with Crippen molar-refractivity contribution in [3.63, 3.8) is 0 Å². The summed E-state index contributed by atoms with van der Waals surface area (Å²) in [6, 6.07) is 8.17. The molecule has 1 fully saturated rings. The quantitative estimate of drug-likeness (QED) is 0.755. The van der Waals surface area contributed by atoms with Gasteiger partial charge in [-0.15, -0.1) is 0 Å². The lowest BCUT2D eigenvalue weighted by atomic mass is 9.92. The van der Waals surface area contributed by atoms with Crippen LogP contribution in [-0.4, -0.2) is 24.8 Å². The first-order chi connectivity index (χ1) is 8.68. The first-order valence-electron chi connectivity index (χ1n) is 6.47. The van der Waals surface area contributed by atoms with Gasteiger partial charge in [-0.2, -0.15) is 0 Å². The van der Waals surface area contributed by atoms with E-state index in [0.29, 0.717) is 6.42 Å². The van der Waals surface area contributed by atoms with Gasteiger partial charge in [0.1, 0.15) is 0 Å². The predicted molar refractivity (Wildman–Crippen MR) is 69.6 cm³/mol. The van der Waals surface area contributed by atoms with Crippen LogP contribution in [0, 0.1) is 5.41 Å². The highest BCUT2D eigenvalue weighted by Crippen LogP contribution is 2.49. The molecule has 0 saturated heterocycles. The summed E-state index contributed by atoms with van der Waals surface area (Å²) in [6.07, 6.45) is 4.24. The molecule has 1 aromatic carbocycles. The predicted octanol–water partition coefficient (Wildman–Crippen LogP) is 2.67. The van der Waals surface area contributed by atoms with Crippen molar-refractivity contribution >= 4 is 5.97 Å². The number of carboxylic acid groups (broad SMARTS) is 1. The fraction of sp³-hybridized carbons (Fsp3) is 0.533. The van der Waals surface area contributed by atoms with Crippen LogP contribution >= 0.6 is 0 Å². The molecular formula is C15H20O3. The summed E-state index contributed by atoms with van der Waals surface area (Å²) < 4.78 is 5.06. The highest BCUT2D eigenvalue weighted by Gasteiger charge is 2.50. The molecule has 3 heteroatoms. The van der Waals surface area contributed by atoms with E-state index in [4.69, 9.17) is 4.74 Å². The third-order valence-electron chi connectivity index (χ3n) is 3.75. The minimum Gasteiger partial charge on any atom is -0.481 e. The monoisotopic (exact) mass is 248 g/mol. The van der Waals surface area contributed by atoms with Crippen molar-refractivity contribution in [2.24, 2.45) is 5.41 Å². The van der Waals surface area contributed by atoms with Crippen LogP contribution < -0.4 is 0 Å². The van der Waals surface area contributed by atoms with E-state index < -0.39 is 11.4 Å². The Hall–Kier alpha value is -1.35. The maximum atomic E-state index is 11.2. The largest absolute Gasteiger partial charge is 0.481 e. The molecule has 1 aliphatic rings. The number of aryl methyl sites for hydroxylation is 1. The van der Waals surface area contributed by atoms with E-state index in [-0.39, 0.29) is 0 Å². The van der Waals surface area contributed by atoms with Gasteiger partial charge in [0, 0.05) is 13.7 Å². The first-order valence-corrected chi connectivity index (χ1v) is 6.47. The molecule has 98 valence electrons. The number of methoxy groups -OCH3 is 1. The second kappa shape index (κ2) is 5.53. The smallest absolute Gasteiger partial charge is 0.309 e. The highest BCUT2D eigenvalue weighted by molar-refractivity contribution is 5.78. The Morgan fingerprint density at radius 3 is 2.56 bits per heavy atom. The Morgan fingerprint density at radius 1 is 1.33 bits per heavy atom. The first kappa shape index (κ1) is 13.1. The number of rotatable bonds is 7. The fourth-order valence-electron chi connectivity index (χ4n) is 2.36. The number of carbonyl (C=O) groups is 1. The zero-order valence-electron chi connectivity index (χ0n) is 10.8. The summed E-state index contributed by atoms with van der Waals surface area (Å²) in [6.45, 7) is 0.748. The Balaban J connectivity index is 2.05. The van der Waals surface area contributed by atoms with Gasteiger partial charge in [0.2, 0.25) is 0 Å². The molecule has 0 amide bonds. The van der Waals surface area contributed by atoms with Crippen LogP contribution in [0.4, 0.5) is 0 Å². The van der Waals surface area contributed by atoms with Gasteiger partial charge >= 0.3 is 5.97 Å². The van der Waals surface area contributed by atoms with E-state index in [1.807, 2.05) is 12.1 Å². The molecule has 0 aromatic heterocycles. The van der Waals surface area contributed by atoms with Gasteiger partial charge in [0.05, 0.1) is 5.41 Å². The molecule has 0 atom stereocenters. The molecule has 3 nitrogen and oxygen atoms in total. The highest BCUT2D eigenvalue weighted by atomic mass is 16.5. The topological polar surface area (TPSA) is 46.5 Å². The Bertz CT molecular complexity index is 422. The molecule has 1 N–H and O–H groups in total. The Kier molecular flexibility index (Phi) is 4.02. The van der Waals surface area contributed by atoms with Crippen LogP contribution in [0.3, 0.4) is 0 Å². The van der Waals surface area contributed by atoms with E-state index in [0.717, 1.165) is 32.3 Å². The minimum absolute atomic E-state index is 0.475. The van der Waals surface area contributed by atoms with Crippen molar-refractivity contribution < 1.29 is 14.6 Å². The second-order valence-electron chi connectivity index (χ2n) is 5.13. The van der Waals surface area contributed by atoms with Gasteiger partial charge in [-0.1, -0.05) is 24.3 Å². The summed E-state index contributed by atoms with van der Waals surface area (Å²) in [4.78, 5) is 11.2. The van der Waals surface area contributed by atoms with Crippen molar-refractivity contribution in [1.82, 2.24) is 0 Å². The summed E-state index contributed by atoms with van der Waals surface area (Å²) in [5, 5.41) is 9.25. The maximum absolute atomic E-state index is 11.2. The third kappa shape index (κ3) is 2.91. The average Bonchev–Trinajstić information content (AvgIpc) is 3.13. The Labute approximate surface area is 108 Å². The van der Waals surface area contributed by atoms with E-state index in [2.05, 4.69) is 12.1 Å². The number of ether oxygens (including phenoxy) is 1. The number of benzene rings is 1. The lowest BCUT2D eigenvalue weighted by molar-refractivity contribution is -0.143. The van der Waals surface area contributed by atoms with Crippen molar-refractivity contribution in [2.45, 2.75) is 32.1 Å². The molecular weight excluding hydrogens is 228 g/mol. The van der Waals surface area contributed by atoms with Crippen LogP contribution in [0.2, 0.25) is 0 Å². The number of carboxylic acids is 1. The van der Waals surface area contributed by atoms with Gasteiger partial charge < -0.3 is 9.84 Å². The number of hydrogen-bond acceptors (Lipinski definition) is 2. The molecule has 0 unspecified atom stereocenters. The number of aliphatic carboxylic acids is 1. The van der Waals surface area contributed by atoms with E-state index in [1.165, 1.54) is 11.1 Å². The summed E-state index contributed by atoms with van der Waals surface area (Å²) in [7, 11) is 1.70. The van der Waals surface area contributed by atoms with Crippen LogP contribution in [0.25, 0.3) is 0 Å². The van der Waals surface area contributed by atoms with Crippen molar-refractivity contribution in [2.75, 3.05) is 13.7 Å². The average molecular weight is 248 g/mol. The van der Waals surface area contributed by atoms with Crippen molar-refractivity contribution in [3.8, 4) is 0 Å². The van der Waals surface area contributed by atoms with Crippen LogP contribution in [0.1, 0.15) is 30.4 Å². The number of hydrogen-bond donors (Lipinski definition) is 1. The SMILES string of the molecule is COCCCc1ccccc1CC1(C(=O)O)CC1. The molecule has 0 spiro atoms. The Morgan fingerprint density at radius 2 is 2.00 bits per heavy atom. The molecule has 1 saturated carbocycles. The van der Waals surface area contributed by atoms with Gasteiger partial charge in [-0.25, -0.2) is 0 Å². The molecule has 1 aliphatic carbocycles. The van der Waals surface area contributed by atoms with E-state index in [1.54, 1.807) is 7.11 Å². The van der Waals surface area contributed by atoms with Crippen LogP contribution in [-0.2, 0) is 22.4 Å². The summed E-state index contributed by atoms with van der Waals surface area (Å²) in [5.74, 6) is -0.644. The van der Waals surface area contributed by atoms with Gasteiger partial charge in [0.15, 0.2) is 0 Å². The summed E-state index contributed by atoms with van der Waals surface area (Å²) in [5.41, 5.74) is 1.98. The zero-order chi connectivity index (χ0) is 13.0. The van der Waals surface area contributed by atoms with Gasteiger partial charge in [0.25, 0.3) is 0 Å².